The molecule has 1 aromatic heterocycles. The van der Waals surface area contributed by atoms with Gasteiger partial charge in [-0.1, -0.05) is 71.2 Å². The first kappa shape index (κ1) is 38.6. The number of carbonyl (C=O) groups is 1. The molecule has 210 valence electrons. The zero-order chi connectivity index (χ0) is 29.2. The zero-order valence-electron chi connectivity index (χ0n) is 25.0. The van der Waals surface area contributed by atoms with Crippen LogP contribution < -0.4 is 10.1 Å². The average molecular weight is 518 g/mol. The molecule has 5 nitrogen and oxygen atoms in total. The van der Waals surface area contributed by atoms with Crippen molar-refractivity contribution >= 4 is 16.7 Å². The molecule has 0 radical (unpaired) electrons. The van der Waals surface area contributed by atoms with Crippen LogP contribution >= 0.6 is 0 Å². The molecule has 0 aliphatic carbocycles. The molecule has 2 aromatic rings. The lowest BCUT2D eigenvalue weighted by Crippen LogP contribution is -2.19. The van der Waals surface area contributed by atoms with Gasteiger partial charge in [0, 0.05) is 24.2 Å². The number of benzene rings is 1. The lowest BCUT2D eigenvalue weighted by atomic mass is 10.1. The Labute approximate surface area is 226 Å². The summed E-state index contributed by atoms with van der Waals surface area (Å²) in [5.41, 5.74) is 1.71. The van der Waals surface area contributed by atoms with Crippen LogP contribution in [-0.2, 0) is 7.05 Å². The number of aromatic nitrogens is 1. The molecule has 0 unspecified atom stereocenters. The summed E-state index contributed by atoms with van der Waals surface area (Å²) in [6, 6.07) is 5.73. The predicted molar refractivity (Wildman–Crippen MR) is 163 cm³/mol. The molecule has 0 atom stereocenters. The highest BCUT2D eigenvalue weighted by atomic mass is 19.1. The van der Waals surface area contributed by atoms with E-state index in [2.05, 4.69) is 44.3 Å². The number of halogens is 1. The number of ether oxygens (including phenoxy) is 1. The maximum absolute atomic E-state index is 12.1. The maximum atomic E-state index is 12.1. The standard InChI is InChI=1S/C12H13NO2.C8H9F.C7H17N.C2H7N.C2H6/c1-8(14)10-7-13(2)12-9(10)5-4-6-11(12)15-3;1-3-5-6-7-8(9)4-2;1-4-6-8(3)7-5-2;1-3-2;1-2/h4-7H,1-3H3;3-7H,1-2H2;4-7H2,1-3H3;3H,1-2H3;1-2H3/b;6-5-,8-7+;;;. The summed E-state index contributed by atoms with van der Waals surface area (Å²) in [5, 5.41) is 3.70. The summed E-state index contributed by atoms with van der Waals surface area (Å²) in [5.74, 6) is 0.532. The summed E-state index contributed by atoms with van der Waals surface area (Å²) in [7, 11) is 9.47. The van der Waals surface area contributed by atoms with E-state index in [0.29, 0.717) is 0 Å². The van der Waals surface area contributed by atoms with Crippen molar-refractivity contribution in [3.05, 3.63) is 79.3 Å². The van der Waals surface area contributed by atoms with Crippen molar-refractivity contribution in [3.8, 4) is 5.75 Å². The van der Waals surface area contributed by atoms with E-state index < -0.39 is 0 Å². The number of nitrogens with one attached hydrogen (secondary N) is 1. The average Bonchev–Trinajstić information content (AvgIpc) is 3.24. The first-order chi connectivity index (χ1) is 17.7. The minimum absolute atomic E-state index is 0.0776. The molecule has 0 aliphatic rings. The summed E-state index contributed by atoms with van der Waals surface area (Å²) in [6.07, 6.45) is 11.6. The highest BCUT2D eigenvalue weighted by Crippen LogP contribution is 2.29. The molecule has 37 heavy (non-hydrogen) atoms. The third-order valence-electron chi connectivity index (χ3n) is 4.47. The normalized spacial score (nSPS) is 10.1. The molecule has 0 amide bonds. The van der Waals surface area contributed by atoms with Crippen LogP contribution in [0.15, 0.2) is 73.8 Å². The minimum atomic E-state index is -0.340. The van der Waals surface area contributed by atoms with Crippen molar-refractivity contribution in [2.45, 2.75) is 47.5 Å². The van der Waals surface area contributed by atoms with Gasteiger partial charge in [0.1, 0.15) is 11.6 Å². The Morgan fingerprint density at radius 1 is 1.14 bits per heavy atom. The van der Waals surface area contributed by atoms with E-state index in [4.69, 9.17) is 4.74 Å². The third kappa shape index (κ3) is 18.0. The fourth-order valence-corrected chi connectivity index (χ4v) is 3.05. The third-order valence-corrected chi connectivity index (χ3v) is 4.47. The molecule has 1 N–H and O–H groups in total. The highest BCUT2D eigenvalue weighted by molar-refractivity contribution is 6.08. The minimum Gasteiger partial charge on any atom is -0.495 e. The van der Waals surface area contributed by atoms with Crippen molar-refractivity contribution < 1.29 is 13.9 Å². The van der Waals surface area contributed by atoms with Crippen molar-refractivity contribution in [1.82, 2.24) is 14.8 Å². The Bertz CT molecular complexity index is 924. The number of carbonyl (C=O) groups excluding carboxylic acids is 1. The first-order valence-corrected chi connectivity index (χ1v) is 12.9. The quantitative estimate of drug-likeness (QED) is 0.273. The van der Waals surface area contributed by atoms with Gasteiger partial charge in [-0.3, -0.25) is 4.79 Å². The second-order valence-electron chi connectivity index (χ2n) is 7.75. The Hall–Kier alpha value is -2.96. The summed E-state index contributed by atoms with van der Waals surface area (Å²) >= 11 is 0. The maximum Gasteiger partial charge on any atom is 0.161 e. The number of aryl methyl sites for hydroxylation is 1. The van der Waals surface area contributed by atoms with Crippen LogP contribution in [0.5, 0.6) is 5.75 Å². The Kier molecular flexibility index (Phi) is 27.2. The lowest BCUT2D eigenvalue weighted by molar-refractivity contribution is 0.101. The predicted octanol–water partition coefficient (Wildman–Crippen LogP) is 7.76. The number of hydrogen-bond donors (Lipinski definition) is 1. The number of fused-ring (bicyclic) bond motifs is 1. The van der Waals surface area contributed by atoms with E-state index in [1.165, 1.54) is 32.0 Å². The Morgan fingerprint density at radius 2 is 1.68 bits per heavy atom. The number of hydrogen-bond acceptors (Lipinski definition) is 4. The lowest BCUT2D eigenvalue weighted by Gasteiger charge is -2.12. The Morgan fingerprint density at radius 3 is 2.08 bits per heavy atom. The van der Waals surface area contributed by atoms with E-state index in [-0.39, 0.29) is 11.6 Å². The highest BCUT2D eigenvalue weighted by Gasteiger charge is 2.12. The van der Waals surface area contributed by atoms with E-state index in [1.807, 2.05) is 64.0 Å². The van der Waals surface area contributed by atoms with Crippen molar-refractivity contribution in [2.24, 2.45) is 7.05 Å². The van der Waals surface area contributed by atoms with Gasteiger partial charge in [0.25, 0.3) is 0 Å². The van der Waals surface area contributed by atoms with Crippen molar-refractivity contribution in [3.63, 3.8) is 0 Å². The van der Waals surface area contributed by atoms with Crippen LogP contribution in [0.4, 0.5) is 4.39 Å². The number of Topliss-reactive ketones (excluding diaryl/α,β-unsaturated/α-hetero) is 1. The summed E-state index contributed by atoms with van der Waals surface area (Å²) < 4.78 is 19.3. The molecule has 0 saturated carbocycles. The van der Waals surface area contributed by atoms with Crippen LogP contribution in [-0.4, -0.2) is 56.6 Å². The monoisotopic (exact) mass is 517 g/mol. The molecule has 2 rings (SSSR count). The van der Waals surface area contributed by atoms with Gasteiger partial charge in [-0.15, -0.1) is 0 Å². The molecule has 0 bridgehead atoms. The second kappa shape index (κ2) is 26.1. The van der Waals surface area contributed by atoms with Gasteiger partial charge in [0.15, 0.2) is 5.78 Å². The molecule has 0 saturated heterocycles. The number of para-hydroxylation sites is 1. The zero-order valence-corrected chi connectivity index (χ0v) is 25.0. The van der Waals surface area contributed by atoms with Crippen LogP contribution in [0.3, 0.4) is 0 Å². The Balaban J connectivity index is -0.000000456. The SMILES string of the molecule is C=C/C=C\C=C(\F)C=C.CC.CCCN(C)CCC.CNC.COc1cccc2c(C(C)=O)cn(C)c12. The molecular formula is C31H52FN3O2. The summed E-state index contributed by atoms with van der Waals surface area (Å²) in [4.78, 5) is 13.8. The van der Waals surface area contributed by atoms with Crippen LogP contribution in [0.25, 0.3) is 10.9 Å². The second-order valence-corrected chi connectivity index (χ2v) is 7.75. The fraction of sp³-hybridized carbons (Fsp3) is 0.452. The molecular weight excluding hydrogens is 465 g/mol. The van der Waals surface area contributed by atoms with Crippen LogP contribution in [0.2, 0.25) is 0 Å². The smallest absolute Gasteiger partial charge is 0.161 e. The van der Waals surface area contributed by atoms with Gasteiger partial charge in [-0.2, -0.15) is 0 Å². The number of nitrogens with zero attached hydrogens (tertiary/aromatic N) is 2. The van der Waals surface area contributed by atoms with Crippen molar-refractivity contribution in [2.75, 3.05) is 41.3 Å². The van der Waals surface area contributed by atoms with E-state index in [1.54, 1.807) is 32.3 Å². The molecule has 1 heterocycles. The molecule has 1 aromatic carbocycles. The topological polar surface area (TPSA) is 46.5 Å². The van der Waals surface area contributed by atoms with Gasteiger partial charge < -0.3 is 19.5 Å². The van der Waals surface area contributed by atoms with Crippen molar-refractivity contribution in [1.29, 1.82) is 0 Å². The number of methoxy groups -OCH3 is 1. The van der Waals surface area contributed by atoms with Gasteiger partial charge in [0.05, 0.1) is 12.6 Å². The summed E-state index contributed by atoms with van der Waals surface area (Å²) in [6.45, 7) is 19.1. The molecule has 6 heteroatoms. The number of allylic oxidation sites excluding steroid dienone is 6. The largest absolute Gasteiger partial charge is 0.495 e. The van der Waals surface area contributed by atoms with Gasteiger partial charge in [-0.05, 0) is 72.2 Å². The molecule has 0 fully saturated rings. The number of ketones is 1. The molecule has 0 aliphatic heterocycles. The van der Waals surface area contributed by atoms with Crippen LogP contribution in [0, 0.1) is 0 Å². The van der Waals surface area contributed by atoms with Crippen LogP contribution in [0.1, 0.15) is 57.8 Å². The fourth-order valence-electron chi connectivity index (χ4n) is 3.05. The van der Waals surface area contributed by atoms with E-state index in [0.717, 1.165) is 28.3 Å². The van der Waals surface area contributed by atoms with E-state index in [9.17, 15) is 9.18 Å². The first-order valence-electron chi connectivity index (χ1n) is 12.9. The van der Waals surface area contributed by atoms with Gasteiger partial charge in [-0.25, -0.2) is 4.39 Å². The number of rotatable bonds is 9. The molecule has 0 spiro atoms. The van der Waals surface area contributed by atoms with Gasteiger partial charge >= 0.3 is 0 Å². The van der Waals surface area contributed by atoms with Gasteiger partial charge in [0.2, 0.25) is 0 Å². The van der Waals surface area contributed by atoms with E-state index >= 15 is 0 Å².